The van der Waals surface area contributed by atoms with Crippen molar-refractivity contribution in [2.24, 2.45) is 0 Å². The number of nitrogens with one attached hydrogen (secondary N) is 1. The minimum absolute atomic E-state index is 0.0771. The normalized spacial score (nSPS) is 16.5. The number of aryl methyl sites for hydroxylation is 1. The lowest BCUT2D eigenvalue weighted by atomic mass is 10.0. The van der Waals surface area contributed by atoms with Crippen molar-refractivity contribution in [1.29, 1.82) is 0 Å². The number of hydrogen-bond acceptors (Lipinski definition) is 4. The maximum absolute atomic E-state index is 13.5. The standard InChI is InChI=1S/C22H24FNO4/c1-14-11-15(6-8-18(14)23)22(26)16-7-9-20(27-2)19(12-16)24-21(25)13-17-5-3-4-10-28-17/h6-9,11-12,17H,3-5,10,13H2,1-2H3,(H,24,25). The maximum Gasteiger partial charge on any atom is 0.227 e. The topological polar surface area (TPSA) is 64.6 Å². The highest BCUT2D eigenvalue weighted by atomic mass is 19.1. The highest BCUT2D eigenvalue weighted by Gasteiger charge is 2.19. The first-order valence-electron chi connectivity index (χ1n) is 9.38. The lowest BCUT2D eigenvalue weighted by Gasteiger charge is -2.22. The van der Waals surface area contributed by atoms with E-state index in [1.807, 2.05) is 0 Å². The third-order valence-electron chi connectivity index (χ3n) is 4.84. The summed E-state index contributed by atoms with van der Waals surface area (Å²) in [6, 6.07) is 9.09. The van der Waals surface area contributed by atoms with Crippen molar-refractivity contribution in [3.8, 4) is 5.75 Å². The number of anilines is 1. The monoisotopic (exact) mass is 385 g/mol. The first-order valence-corrected chi connectivity index (χ1v) is 9.38. The van der Waals surface area contributed by atoms with Gasteiger partial charge < -0.3 is 14.8 Å². The summed E-state index contributed by atoms with van der Waals surface area (Å²) in [6.07, 6.45) is 3.14. The van der Waals surface area contributed by atoms with Crippen LogP contribution in [0.25, 0.3) is 0 Å². The van der Waals surface area contributed by atoms with Crippen LogP contribution in [0.2, 0.25) is 0 Å². The van der Waals surface area contributed by atoms with Crippen molar-refractivity contribution in [1.82, 2.24) is 0 Å². The molecule has 1 aliphatic heterocycles. The minimum Gasteiger partial charge on any atom is -0.495 e. The number of carbonyl (C=O) groups is 2. The summed E-state index contributed by atoms with van der Waals surface area (Å²) >= 11 is 0. The summed E-state index contributed by atoms with van der Waals surface area (Å²) < 4.78 is 24.4. The number of carbonyl (C=O) groups excluding carboxylic acids is 2. The minimum atomic E-state index is -0.357. The van der Waals surface area contributed by atoms with E-state index < -0.39 is 0 Å². The second kappa shape index (κ2) is 8.97. The molecular formula is C22H24FNO4. The molecule has 0 radical (unpaired) electrons. The number of benzene rings is 2. The molecule has 6 heteroatoms. The molecular weight excluding hydrogens is 361 g/mol. The number of amides is 1. The molecule has 28 heavy (non-hydrogen) atoms. The predicted octanol–water partition coefficient (Wildman–Crippen LogP) is 4.27. The van der Waals surface area contributed by atoms with Crippen LogP contribution in [0.15, 0.2) is 36.4 Å². The molecule has 3 rings (SSSR count). The summed E-state index contributed by atoms with van der Waals surface area (Å²) in [4.78, 5) is 25.2. The van der Waals surface area contributed by atoms with E-state index in [2.05, 4.69) is 5.32 Å². The second-order valence-corrected chi connectivity index (χ2v) is 6.95. The van der Waals surface area contributed by atoms with Crippen molar-refractivity contribution in [2.75, 3.05) is 19.0 Å². The van der Waals surface area contributed by atoms with Gasteiger partial charge in [0.25, 0.3) is 0 Å². The van der Waals surface area contributed by atoms with Gasteiger partial charge in [-0.2, -0.15) is 0 Å². The molecule has 148 valence electrons. The summed E-state index contributed by atoms with van der Waals surface area (Å²) in [6.45, 7) is 2.29. The van der Waals surface area contributed by atoms with Gasteiger partial charge in [0.05, 0.1) is 25.3 Å². The summed E-state index contributed by atoms with van der Waals surface area (Å²) in [5.41, 5.74) is 1.60. The zero-order valence-corrected chi connectivity index (χ0v) is 16.1. The van der Waals surface area contributed by atoms with Crippen LogP contribution in [-0.4, -0.2) is 31.5 Å². The molecule has 1 fully saturated rings. The molecule has 2 aromatic rings. The molecule has 1 atom stereocenters. The highest BCUT2D eigenvalue weighted by molar-refractivity contribution is 6.10. The second-order valence-electron chi connectivity index (χ2n) is 6.95. The number of ketones is 1. The number of ether oxygens (including phenoxy) is 2. The molecule has 1 N–H and O–H groups in total. The lowest BCUT2D eigenvalue weighted by Crippen LogP contribution is -2.25. The van der Waals surface area contributed by atoms with Crippen LogP contribution in [0.5, 0.6) is 5.75 Å². The van der Waals surface area contributed by atoms with Gasteiger partial charge in [-0.15, -0.1) is 0 Å². The van der Waals surface area contributed by atoms with Crippen LogP contribution in [0, 0.1) is 12.7 Å². The van der Waals surface area contributed by atoms with Gasteiger partial charge in [0, 0.05) is 17.7 Å². The summed E-state index contributed by atoms with van der Waals surface area (Å²) in [7, 11) is 1.50. The molecule has 0 saturated carbocycles. The number of halogens is 1. The van der Waals surface area contributed by atoms with Gasteiger partial charge in [-0.05, 0) is 68.1 Å². The fourth-order valence-electron chi connectivity index (χ4n) is 3.28. The van der Waals surface area contributed by atoms with E-state index in [1.165, 1.54) is 25.3 Å². The lowest BCUT2D eigenvalue weighted by molar-refractivity contribution is -0.119. The van der Waals surface area contributed by atoms with Crippen LogP contribution in [0.4, 0.5) is 10.1 Å². The van der Waals surface area contributed by atoms with Crippen molar-refractivity contribution in [3.05, 3.63) is 58.9 Å². The van der Waals surface area contributed by atoms with Gasteiger partial charge in [0.15, 0.2) is 5.78 Å². The average molecular weight is 385 g/mol. The Kier molecular flexibility index (Phi) is 6.41. The number of methoxy groups -OCH3 is 1. The smallest absolute Gasteiger partial charge is 0.227 e. The van der Waals surface area contributed by atoms with Crippen LogP contribution >= 0.6 is 0 Å². The molecule has 0 bridgehead atoms. The van der Waals surface area contributed by atoms with Crippen LogP contribution in [0.3, 0.4) is 0 Å². The highest BCUT2D eigenvalue weighted by Crippen LogP contribution is 2.28. The Hall–Kier alpha value is -2.73. The maximum atomic E-state index is 13.5. The molecule has 0 aliphatic carbocycles. The fraction of sp³-hybridized carbons (Fsp3) is 0.364. The first-order chi connectivity index (χ1) is 13.5. The number of rotatable bonds is 6. The van der Waals surface area contributed by atoms with Gasteiger partial charge in [-0.1, -0.05) is 0 Å². The van der Waals surface area contributed by atoms with Crippen molar-refractivity contribution < 1.29 is 23.5 Å². The van der Waals surface area contributed by atoms with E-state index in [9.17, 15) is 14.0 Å². The van der Waals surface area contributed by atoms with Crippen LogP contribution in [0.1, 0.15) is 47.2 Å². The Bertz CT molecular complexity index is 875. The van der Waals surface area contributed by atoms with Crippen molar-refractivity contribution in [2.45, 2.75) is 38.7 Å². The summed E-state index contributed by atoms with van der Waals surface area (Å²) in [5.74, 6) is -0.335. The molecule has 1 heterocycles. The van der Waals surface area contributed by atoms with Gasteiger partial charge in [0.1, 0.15) is 11.6 Å². The zero-order valence-electron chi connectivity index (χ0n) is 16.1. The number of hydrogen-bond donors (Lipinski definition) is 1. The van der Waals surface area contributed by atoms with E-state index in [4.69, 9.17) is 9.47 Å². The van der Waals surface area contributed by atoms with Gasteiger partial charge in [-0.25, -0.2) is 4.39 Å². The van der Waals surface area contributed by atoms with Crippen molar-refractivity contribution in [3.63, 3.8) is 0 Å². The molecule has 5 nitrogen and oxygen atoms in total. The van der Waals surface area contributed by atoms with Gasteiger partial charge in [0.2, 0.25) is 5.91 Å². The zero-order chi connectivity index (χ0) is 20.1. The largest absolute Gasteiger partial charge is 0.495 e. The Balaban J connectivity index is 1.78. The molecule has 1 aliphatic rings. The van der Waals surface area contributed by atoms with E-state index in [0.717, 1.165) is 19.3 Å². The first kappa shape index (κ1) is 20.0. The van der Waals surface area contributed by atoms with E-state index in [1.54, 1.807) is 25.1 Å². The summed E-state index contributed by atoms with van der Waals surface area (Å²) in [5, 5.41) is 2.82. The Morgan fingerprint density at radius 2 is 1.93 bits per heavy atom. The third-order valence-corrected chi connectivity index (χ3v) is 4.84. The van der Waals surface area contributed by atoms with Gasteiger partial charge >= 0.3 is 0 Å². The van der Waals surface area contributed by atoms with Crippen LogP contribution < -0.4 is 10.1 Å². The Morgan fingerprint density at radius 3 is 2.61 bits per heavy atom. The molecule has 2 aromatic carbocycles. The Morgan fingerprint density at radius 1 is 1.18 bits per heavy atom. The molecule has 0 aromatic heterocycles. The van der Waals surface area contributed by atoms with E-state index in [-0.39, 0.29) is 30.0 Å². The Labute approximate surface area is 163 Å². The molecule has 1 unspecified atom stereocenters. The van der Waals surface area contributed by atoms with E-state index >= 15 is 0 Å². The SMILES string of the molecule is COc1ccc(C(=O)c2ccc(F)c(C)c2)cc1NC(=O)CC1CCCCO1. The fourth-order valence-corrected chi connectivity index (χ4v) is 3.28. The van der Waals surface area contributed by atoms with Gasteiger partial charge in [-0.3, -0.25) is 9.59 Å². The van der Waals surface area contributed by atoms with Crippen LogP contribution in [-0.2, 0) is 9.53 Å². The quantitative estimate of drug-likeness (QED) is 0.754. The van der Waals surface area contributed by atoms with Crippen molar-refractivity contribution >= 4 is 17.4 Å². The molecule has 1 saturated heterocycles. The van der Waals surface area contributed by atoms with E-state index in [0.29, 0.717) is 34.7 Å². The predicted molar refractivity (Wildman–Crippen MR) is 104 cm³/mol. The molecule has 0 spiro atoms. The average Bonchev–Trinajstić information content (AvgIpc) is 2.70. The molecule has 1 amide bonds. The third kappa shape index (κ3) is 4.75.